The van der Waals surface area contributed by atoms with E-state index < -0.39 is 18.1 Å². The summed E-state index contributed by atoms with van der Waals surface area (Å²) in [4.78, 5) is 22.5. The lowest BCUT2D eigenvalue weighted by atomic mass is 9.92. The number of rotatable bonds is 6. The number of carboxylic acid groups (broad SMARTS) is 1. The minimum atomic E-state index is -1.24. The Morgan fingerprint density at radius 1 is 1.25 bits per heavy atom. The van der Waals surface area contributed by atoms with E-state index in [1.54, 1.807) is 0 Å². The summed E-state index contributed by atoms with van der Waals surface area (Å²) in [7, 11) is 0. The van der Waals surface area contributed by atoms with Crippen molar-refractivity contribution in [1.82, 2.24) is 5.32 Å². The van der Waals surface area contributed by atoms with Gasteiger partial charge in [-0.1, -0.05) is 20.8 Å². The van der Waals surface area contributed by atoms with Crippen LogP contribution in [0.15, 0.2) is 0 Å². The molecule has 0 aliphatic carbocycles. The average molecular weight is 231 g/mol. The van der Waals surface area contributed by atoms with Crippen molar-refractivity contribution in [3.63, 3.8) is 0 Å². The lowest BCUT2D eigenvalue weighted by Crippen LogP contribution is -2.50. The number of carboxylic acids is 1. The number of carbonyl (C=O) groups is 2. The molecular weight excluding hydrogens is 210 g/mol. The minimum Gasteiger partial charge on any atom is -0.480 e. The fraction of sp³-hybridized carbons (Fsp3) is 0.818. The van der Waals surface area contributed by atoms with Crippen molar-refractivity contribution in [2.45, 2.75) is 46.3 Å². The molecule has 0 heterocycles. The Hall–Kier alpha value is -1.10. The van der Waals surface area contributed by atoms with Crippen molar-refractivity contribution in [2.75, 3.05) is 0 Å². The molecule has 0 aliphatic heterocycles. The molecule has 0 fully saturated rings. The molecule has 94 valence electrons. The zero-order valence-corrected chi connectivity index (χ0v) is 10.2. The minimum absolute atomic E-state index is 0.147. The smallest absolute Gasteiger partial charge is 0.328 e. The van der Waals surface area contributed by atoms with Gasteiger partial charge in [0.15, 0.2) is 6.04 Å². The maximum atomic E-state index is 11.7. The Kier molecular flexibility index (Phi) is 6.03. The Labute approximate surface area is 95.9 Å². The molecule has 0 radical (unpaired) electrons. The molecule has 3 atom stereocenters. The molecule has 1 unspecified atom stereocenters. The van der Waals surface area contributed by atoms with Crippen molar-refractivity contribution in [2.24, 2.45) is 11.8 Å². The first-order valence-corrected chi connectivity index (χ1v) is 5.52. The number of amides is 1. The maximum Gasteiger partial charge on any atom is 0.328 e. The topological polar surface area (TPSA) is 86.6 Å². The van der Waals surface area contributed by atoms with E-state index in [0.29, 0.717) is 6.42 Å². The van der Waals surface area contributed by atoms with Gasteiger partial charge in [0.25, 0.3) is 0 Å². The van der Waals surface area contributed by atoms with Gasteiger partial charge in [-0.2, -0.15) is 0 Å². The summed E-state index contributed by atoms with van der Waals surface area (Å²) < 4.78 is 0. The SMILES string of the molecule is CCC(C(=O)N[C@@H](C(=O)O)[C@H](C)O)C(C)C. The molecule has 0 saturated heterocycles. The predicted octanol–water partition coefficient (Wildman–Crippen LogP) is 0.619. The molecule has 3 N–H and O–H groups in total. The largest absolute Gasteiger partial charge is 0.480 e. The second-order valence-corrected chi connectivity index (χ2v) is 4.32. The molecule has 5 heteroatoms. The van der Waals surface area contributed by atoms with Crippen LogP contribution in [-0.2, 0) is 9.59 Å². The van der Waals surface area contributed by atoms with Crippen molar-refractivity contribution in [3.05, 3.63) is 0 Å². The highest BCUT2D eigenvalue weighted by Gasteiger charge is 2.28. The van der Waals surface area contributed by atoms with E-state index in [-0.39, 0.29) is 17.7 Å². The molecule has 0 aromatic carbocycles. The molecule has 0 bridgehead atoms. The number of aliphatic carboxylic acids is 1. The van der Waals surface area contributed by atoms with Crippen LogP contribution in [-0.4, -0.2) is 34.2 Å². The zero-order chi connectivity index (χ0) is 12.9. The summed E-state index contributed by atoms with van der Waals surface area (Å²) in [6.45, 7) is 7.04. The molecule has 5 nitrogen and oxygen atoms in total. The van der Waals surface area contributed by atoms with Crippen molar-refractivity contribution < 1.29 is 19.8 Å². The summed E-state index contributed by atoms with van der Waals surface area (Å²) in [6.07, 6.45) is -0.457. The molecule has 0 saturated carbocycles. The molecule has 16 heavy (non-hydrogen) atoms. The Morgan fingerprint density at radius 2 is 1.75 bits per heavy atom. The number of hydrogen-bond donors (Lipinski definition) is 3. The van der Waals surface area contributed by atoms with E-state index in [0.717, 1.165) is 0 Å². The lowest BCUT2D eigenvalue weighted by Gasteiger charge is -2.23. The molecular formula is C11H21NO4. The predicted molar refractivity (Wildman–Crippen MR) is 59.9 cm³/mol. The number of nitrogens with one attached hydrogen (secondary N) is 1. The van der Waals surface area contributed by atoms with Gasteiger partial charge in [-0.15, -0.1) is 0 Å². The molecule has 0 rings (SSSR count). The fourth-order valence-corrected chi connectivity index (χ4v) is 1.61. The summed E-state index contributed by atoms with van der Waals surface area (Å²) in [6, 6.07) is -1.24. The van der Waals surface area contributed by atoms with E-state index >= 15 is 0 Å². The first-order chi connectivity index (χ1) is 7.31. The van der Waals surface area contributed by atoms with Gasteiger partial charge in [-0.3, -0.25) is 4.79 Å². The summed E-state index contributed by atoms with van der Waals surface area (Å²) in [5.41, 5.74) is 0. The van der Waals surface area contributed by atoms with E-state index in [1.165, 1.54) is 6.92 Å². The van der Waals surface area contributed by atoms with E-state index in [4.69, 9.17) is 5.11 Å². The van der Waals surface area contributed by atoms with Crippen LogP contribution in [0.2, 0.25) is 0 Å². The highest BCUT2D eigenvalue weighted by Crippen LogP contribution is 2.15. The Morgan fingerprint density at radius 3 is 2.00 bits per heavy atom. The number of carbonyl (C=O) groups excluding carboxylic acids is 1. The van der Waals surface area contributed by atoms with E-state index in [9.17, 15) is 14.7 Å². The Balaban J connectivity index is 4.56. The molecule has 0 aromatic heterocycles. The van der Waals surface area contributed by atoms with Crippen molar-refractivity contribution in [1.29, 1.82) is 0 Å². The van der Waals surface area contributed by atoms with Crippen LogP contribution in [0, 0.1) is 11.8 Å². The summed E-state index contributed by atoms with van der Waals surface area (Å²) in [5.74, 6) is -1.61. The lowest BCUT2D eigenvalue weighted by molar-refractivity contribution is -0.145. The number of aliphatic hydroxyl groups is 1. The highest BCUT2D eigenvalue weighted by molar-refractivity contribution is 5.85. The van der Waals surface area contributed by atoms with Gasteiger partial charge in [0.05, 0.1) is 6.10 Å². The Bertz CT molecular complexity index is 250. The van der Waals surface area contributed by atoms with Gasteiger partial charge in [-0.05, 0) is 19.3 Å². The molecule has 0 aliphatic rings. The van der Waals surface area contributed by atoms with Crippen molar-refractivity contribution in [3.8, 4) is 0 Å². The zero-order valence-electron chi connectivity index (χ0n) is 10.2. The van der Waals surface area contributed by atoms with Crippen LogP contribution >= 0.6 is 0 Å². The highest BCUT2D eigenvalue weighted by atomic mass is 16.4. The maximum absolute atomic E-state index is 11.7. The first-order valence-electron chi connectivity index (χ1n) is 5.52. The van der Waals surface area contributed by atoms with Crippen LogP contribution in [0.1, 0.15) is 34.1 Å². The second kappa shape index (κ2) is 6.48. The van der Waals surface area contributed by atoms with Crippen LogP contribution in [0.3, 0.4) is 0 Å². The monoisotopic (exact) mass is 231 g/mol. The van der Waals surface area contributed by atoms with Crippen LogP contribution in [0.4, 0.5) is 0 Å². The van der Waals surface area contributed by atoms with Gasteiger partial charge >= 0.3 is 5.97 Å². The van der Waals surface area contributed by atoms with Gasteiger partial charge in [0.1, 0.15) is 0 Å². The number of hydrogen-bond acceptors (Lipinski definition) is 3. The van der Waals surface area contributed by atoms with Crippen LogP contribution in [0.5, 0.6) is 0 Å². The first kappa shape index (κ1) is 14.9. The van der Waals surface area contributed by atoms with Crippen LogP contribution < -0.4 is 5.32 Å². The van der Waals surface area contributed by atoms with Gasteiger partial charge < -0.3 is 15.5 Å². The van der Waals surface area contributed by atoms with Crippen LogP contribution in [0.25, 0.3) is 0 Å². The fourth-order valence-electron chi connectivity index (χ4n) is 1.61. The molecule has 0 spiro atoms. The van der Waals surface area contributed by atoms with Gasteiger partial charge in [-0.25, -0.2) is 4.79 Å². The standard InChI is InChI=1S/C11H21NO4/c1-5-8(6(2)3)10(14)12-9(7(4)13)11(15)16/h6-9,13H,5H2,1-4H3,(H,12,14)(H,15,16)/t7-,8?,9+/m0/s1. The normalized spacial score (nSPS) is 16.6. The van der Waals surface area contributed by atoms with E-state index in [1.807, 2.05) is 20.8 Å². The third kappa shape index (κ3) is 4.18. The average Bonchev–Trinajstić information content (AvgIpc) is 2.13. The summed E-state index contributed by atoms with van der Waals surface area (Å²) in [5, 5.41) is 20.4. The van der Waals surface area contributed by atoms with Gasteiger partial charge in [0.2, 0.25) is 5.91 Å². The second-order valence-electron chi connectivity index (χ2n) is 4.32. The summed E-state index contributed by atoms with van der Waals surface area (Å²) >= 11 is 0. The van der Waals surface area contributed by atoms with Gasteiger partial charge in [0, 0.05) is 5.92 Å². The number of aliphatic hydroxyl groups excluding tert-OH is 1. The third-order valence-electron chi connectivity index (χ3n) is 2.63. The van der Waals surface area contributed by atoms with E-state index in [2.05, 4.69) is 5.32 Å². The quantitative estimate of drug-likeness (QED) is 0.625. The van der Waals surface area contributed by atoms with Crippen molar-refractivity contribution >= 4 is 11.9 Å². The molecule has 1 amide bonds. The molecule has 0 aromatic rings. The third-order valence-corrected chi connectivity index (χ3v) is 2.63.